The Morgan fingerprint density at radius 1 is 1.75 bits per heavy atom. The molecule has 0 fully saturated rings. The van der Waals surface area contributed by atoms with Crippen molar-refractivity contribution >= 4 is 0 Å². The molecule has 0 aliphatic carbocycles. The van der Waals surface area contributed by atoms with Gasteiger partial charge in [-0.1, -0.05) is 12.2 Å². The standard InChI is InChI=1S/C10H15NO/c1-8(2)7-11-9(3)10-5-4-6-12-10/h4-6,9,11H,1,7H2,2-3H3/t9-/m0/s1. The Balaban J connectivity index is 2.39. The molecule has 0 radical (unpaired) electrons. The summed E-state index contributed by atoms with van der Waals surface area (Å²) in [5, 5.41) is 3.29. The normalized spacial score (nSPS) is 12.8. The lowest BCUT2D eigenvalue weighted by Crippen LogP contribution is -2.19. The van der Waals surface area contributed by atoms with E-state index in [9.17, 15) is 0 Å². The van der Waals surface area contributed by atoms with Gasteiger partial charge in [0.1, 0.15) is 5.76 Å². The first-order valence-corrected chi connectivity index (χ1v) is 4.11. The van der Waals surface area contributed by atoms with Crippen LogP contribution in [0.2, 0.25) is 0 Å². The van der Waals surface area contributed by atoms with Gasteiger partial charge >= 0.3 is 0 Å². The smallest absolute Gasteiger partial charge is 0.120 e. The molecule has 0 spiro atoms. The molecule has 2 heteroatoms. The second-order valence-corrected chi connectivity index (χ2v) is 3.08. The minimum atomic E-state index is 0.261. The maximum absolute atomic E-state index is 5.24. The summed E-state index contributed by atoms with van der Waals surface area (Å²) in [7, 11) is 0. The number of hydrogen-bond donors (Lipinski definition) is 1. The summed E-state index contributed by atoms with van der Waals surface area (Å²) in [4.78, 5) is 0. The van der Waals surface area contributed by atoms with E-state index >= 15 is 0 Å². The van der Waals surface area contributed by atoms with E-state index in [1.54, 1.807) is 6.26 Å². The van der Waals surface area contributed by atoms with Gasteiger partial charge in [0.2, 0.25) is 0 Å². The van der Waals surface area contributed by atoms with E-state index in [0.717, 1.165) is 17.9 Å². The molecule has 1 atom stereocenters. The SMILES string of the molecule is C=C(C)CN[C@@H](C)c1ccco1. The quantitative estimate of drug-likeness (QED) is 0.693. The Kier molecular flexibility index (Phi) is 3.11. The van der Waals surface area contributed by atoms with E-state index < -0.39 is 0 Å². The van der Waals surface area contributed by atoms with E-state index in [1.165, 1.54) is 0 Å². The van der Waals surface area contributed by atoms with Crippen molar-refractivity contribution in [1.82, 2.24) is 5.32 Å². The summed E-state index contributed by atoms with van der Waals surface area (Å²) in [6.45, 7) is 8.72. The molecule has 0 saturated carbocycles. The topological polar surface area (TPSA) is 25.2 Å². The van der Waals surface area contributed by atoms with Crippen molar-refractivity contribution < 1.29 is 4.42 Å². The zero-order chi connectivity index (χ0) is 8.97. The predicted molar refractivity (Wildman–Crippen MR) is 49.9 cm³/mol. The van der Waals surface area contributed by atoms with Gasteiger partial charge in [0, 0.05) is 6.54 Å². The molecule has 1 N–H and O–H groups in total. The van der Waals surface area contributed by atoms with Gasteiger partial charge < -0.3 is 9.73 Å². The Hall–Kier alpha value is -1.02. The van der Waals surface area contributed by atoms with Gasteiger partial charge in [0.05, 0.1) is 12.3 Å². The van der Waals surface area contributed by atoms with Crippen molar-refractivity contribution in [1.29, 1.82) is 0 Å². The number of furan rings is 1. The molecular formula is C10H15NO. The molecular weight excluding hydrogens is 150 g/mol. The van der Waals surface area contributed by atoms with Crippen LogP contribution in [0.4, 0.5) is 0 Å². The molecule has 1 heterocycles. The molecule has 0 saturated heterocycles. The number of rotatable bonds is 4. The van der Waals surface area contributed by atoms with Crippen LogP contribution in [0.1, 0.15) is 25.6 Å². The summed E-state index contributed by atoms with van der Waals surface area (Å²) in [6, 6.07) is 4.13. The summed E-state index contributed by atoms with van der Waals surface area (Å²) in [5.74, 6) is 0.969. The second kappa shape index (κ2) is 4.12. The highest BCUT2D eigenvalue weighted by molar-refractivity contribution is 5.04. The van der Waals surface area contributed by atoms with Gasteiger partial charge in [0.25, 0.3) is 0 Å². The maximum Gasteiger partial charge on any atom is 0.120 e. The second-order valence-electron chi connectivity index (χ2n) is 3.08. The fraction of sp³-hybridized carbons (Fsp3) is 0.400. The fourth-order valence-corrected chi connectivity index (χ4v) is 0.966. The molecule has 1 aromatic rings. The van der Waals surface area contributed by atoms with Crippen LogP contribution in [0.3, 0.4) is 0 Å². The molecule has 0 unspecified atom stereocenters. The van der Waals surface area contributed by atoms with Crippen LogP contribution >= 0.6 is 0 Å². The van der Waals surface area contributed by atoms with Crippen LogP contribution in [0.15, 0.2) is 35.0 Å². The molecule has 0 aliphatic rings. The van der Waals surface area contributed by atoms with Crippen LogP contribution in [0.25, 0.3) is 0 Å². The van der Waals surface area contributed by atoms with E-state index in [4.69, 9.17) is 4.42 Å². The third kappa shape index (κ3) is 2.55. The molecule has 0 aliphatic heterocycles. The van der Waals surface area contributed by atoms with Crippen LogP contribution < -0.4 is 5.32 Å². The van der Waals surface area contributed by atoms with Gasteiger partial charge in [0.15, 0.2) is 0 Å². The molecule has 2 nitrogen and oxygen atoms in total. The zero-order valence-electron chi connectivity index (χ0n) is 7.63. The lowest BCUT2D eigenvalue weighted by molar-refractivity contribution is 0.439. The van der Waals surface area contributed by atoms with Gasteiger partial charge in [-0.25, -0.2) is 0 Å². The predicted octanol–water partition coefficient (Wildman–Crippen LogP) is 2.51. The van der Waals surface area contributed by atoms with Crippen molar-refractivity contribution in [3.8, 4) is 0 Å². The van der Waals surface area contributed by atoms with Gasteiger partial charge in [-0.3, -0.25) is 0 Å². The monoisotopic (exact) mass is 165 g/mol. The van der Waals surface area contributed by atoms with E-state index in [2.05, 4.69) is 18.8 Å². The first-order valence-electron chi connectivity index (χ1n) is 4.11. The van der Waals surface area contributed by atoms with Crippen molar-refractivity contribution in [3.63, 3.8) is 0 Å². The molecule has 0 bridgehead atoms. The minimum Gasteiger partial charge on any atom is -0.468 e. The van der Waals surface area contributed by atoms with Gasteiger partial charge in [-0.15, -0.1) is 0 Å². The Bertz CT molecular complexity index is 238. The first-order chi connectivity index (χ1) is 5.70. The first kappa shape index (κ1) is 9.07. The number of nitrogens with one attached hydrogen (secondary N) is 1. The summed E-state index contributed by atoms with van der Waals surface area (Å²) < 4.78 is 5.24. The molecule has 1 aromatic heterocycles. The van der Waals surface area contributed by atoms with Crippen LogP contribution in [0.5, 0.6) is 0 Å². The largest absolute Gasteiger partial charge is 0.468 e. The molecule has 66 valence electrons. The van der Waals surface area contributed by atoms with Crippen LogP contribution in [0, 0.1) is 0 Å². The van der Waals surface area contributed by atoms with Crippen LogP contribution in [-0.4, -0.2) is 6.54 Å². The fourth-order valence-electron chi connectivity index (χ4n) is 0.966. The third-order valence-electron chi connectivity index (χ3n) is 1.68. The Morgan fingerprint density at radius 3 is 3.00 bits per heavy atom. The highest BCUT2D eigenvalue weighted by Gasteiger charge is 2.05. The van der Waals surface area contributed by atoms with E-state index in [-0.39, 0.29) is 6.04 Å². The van der Waals surface area contributed by atoms with Crippen molar-refractivity contribution in [2.75, 3.05) is 6.54 Å². The third-order valence-corrected chi connectivity index (χ3v) is 1.68. The summed E-state index contributed by atoms with van der Waals surface area (Å²) >= 11 is 0. The molecule has 0 amide bonds. The van der Waals surface area contributed by atoms with Crippen molar-refractivity contribution in [2.24, 2.45) is 0 Å². The molecule has 12 heavy (non-hydrogen) atoms. The molecule has 0 aromatic carbocycles. The highest BCUT2D eigenvalue weighted by Crippen LogP contribution is 2.11. The van der Waals surface area contributed by atoms with Crippen molar-refractivity contribution in [3.05, 3.63) is 36.3 Å². The van der Waals surface area contributed by atoms with Gasteiger partial charge in [-0.2, -0.15) is 0 Å². The lowest BCUT2D eigenvalue weighted by Gasteiger charge is -2.10. The average Bonchev–Trinajstić information content (AvgIpc) is 2.51. The van der Waals surface area contributed by atoms with E-state index in [1.807, 2.05) is 19.1 Å². The zero-order valence-corrected chi connectivity index (χ0v) is 7.63. The minimum absolute atomic E-state index is 0.261. The van der Waals surface area contributed by atoms with Crippen LogP contribution in [-0.2, 0) is 0 Å². The maximum atomic E-state index is 5.24. The Morgan fingerprint density at radius 2 is 2.50 bits per heavy atom. The van der Waals surface area contributed by atoms with E-state index in [0.29, 0.717) is 0 Å². The lowest BCUT2D eigenvalue weighted by atomic mass is 10.2. The summed E-state index contributed by atoms with van der Waals surface area (Å²) in [5.41, 5.74) is 1.13. The average molecular weight is 165 g/mol. The Labute approximate surface area is 73.3 Å². The summed E-state index contributed by atoms with van der Waals surface area (Å²) in [6.07, 6.45) is 1.69. The molecule has 1 rings (SSSR count). The van der Waals surface area contributed by atoms with Crippen molar-refractivity contribution in [2.45, 2.75) is 19.9 Å². The van der Waals surface area contributed by atoms with Gasteiger partial charge in [-0.05, 0) is 26.0 Å². The highest BCUT2D eigenvalue weighted by atomic mass is 16.3. The number of hydrogen-bond acceptors (Lipinski definition) is 2.